The predicted octanol–water partition coefficient (Wildman–Crippen LogP) is 7.57. The van der Waals surface area contributed by atoms with Crippen LogP contribution in [0.5, 0.6) is 0 Å². The number of thiophene rings is 1. The maximum Gasteiger partial charge on any atom is 0.173 e. The molecule has 2 heterocycles. The Labute approximate surface area is 206 Å². The highest BCUT2D eigenvalue weighted by atomic mass is 79.9. The van der Waals surface area contributed by atoms with Gasteiger partial charge < -0.3 is 0 Å². The van der Waals surface area contributed by atoms with E-state index in [1.165, 1.54) is 17.3 Å². The Hall–Kier alpha value is -1.94. The summed E-state index contributed by atoms with van der Waals surface area (Å²) in [5, 5.41) is 12.9. The van der Waals surface area contributed by atoms with Crippen LogP contribution >= 0.6 is 39.0 Å². The molecule has 0 unspecified atom stereocenters. The number of hydrogen-bond acceptors (Lipinski definition) is 5. The maximum atomic E-state index is 12.7. The number of aromatic nitrogens is 1. The van der Waals surface area contributed by atoms with E-state index in [9.17, 15) is 10.1 Å². The largest absolute Gasteiger partial charge is 0.293 e. The van der Waals surface area contributed by atoms with Crippen LogP contribution in [0.2, 0.25) is 0 Å². The number of Topliss-reactive ketones (excluding diaryl/α,β-unsaturated/α-hetero) is 1. The third-order valence-corrected chi connectivity index (χ3v) is 8.53. The van der Waals surface area contributed by atoms with E-state index in [0.717, 1.165) is 39.9 Å². The second-order valence-corrected chi connectivity index (χ2v) is 12.0. The first-order chi connectivity index (χ1) is 15.3. The average Bonchev–Trinajstić information content (AvgIpc) is 3.30. The van der Waals surface area contributed by atoms with Crippen LogP contribution in [0.1, 0.15) is 54.4 Å². The quantitative estimate of drug-likeness (QED) is 0.255. The van der Waals surface area contributed by atoms with Gasteiger partial charge in [0.2, 0.25) is 0 Å². The molecule has 0 bridgehead atoms. The molecule has 0 spiro atoms. The molecule has 164 valence electrons. The third-order valence-electron chi connectivity index (χ3n) is 6.14. The standard InChI is InChI=1S/C26H25BrN2OS2/c1-26(2,3)17-8-11-21-19(13-17)24(23-5-4-12-31-23)20(14-28)25(29-21)32-15-22(30)16-6-9-18(27)10-7-16/h4-7,9-10,12,17H,8,11,13,15H2,1-3H3/t17-/m1/s1. The lowest BCUT2D eigenvalue weighted by Gasteiger charge is -2.35. The average molecular weight is 526 g/mol. The SMILES string of the molecule is CC(C)(C)[C@@H]1CCc2nc(SCC(=O)c3ccc(Br)cc3)c(C#N)c(-c3cccs3)c2C1. The summed E-state index contributed by atoms with van der Waals surface area (Å²) in [6, 6.07) is 13.9. The zero-order valence-electron chi connectivity index (χ0n) is 18.4. The van der Waals surface area contributed by atoms with Gasteiger partial charge in [-0.25, -0.2) is 4.98 Å². The van der Waals surface area contributed by atoms with E-state index in [2.05, 4.69) is 54.2 Å². The topological polar surface area (TPSA) is 53.8 Å². The van der Waals surface area contributed by atoms with Gasteiger partial charge in [0.05, 0.1) is 11.3 Å². The predicted molar refractivity (Wildman–Crippen MR) is 136 cm³/mol. The van der Waals surface area contributed by atoms with Gasteiger partial charge in [-0.1, -0.05) is 66.7 Å². The van der Waals surface area contributed by atoms with Crippen molar-refractivity contribution in [3.05, 3.63) is 68.6 Å². The summed E-state index contributed by atoms with van der Waals surface area (Å²) in [6.07, 6.45) is 2.95. The molecule has 1 aromatic carbocycles. The number of hydrogen-bond donors (Lipinski definition) is 0. The van der Waals surface area contributed by atoms with Crippen LogP contribution in [-0.2, 0) is 12.8 Å². The molecule has 0 saturated heterocycles. The van der Waals surface area contributed by atoms with Crippen LogP contribution in [-0.4, -0.2) is 16.5 Å². The Morgan fingerprint density at radius 3 is 2.66 bits per heavy atom. The number of carbonyl (C=O) groups excluding carboxylic acids is 1. The Balaban J connectivity index is 1.71. The lowest BCUT2D eigenvalue weighted by molar-refractivity contribution is 0.102. The number of pyridine rings is 1. The molecule has 3 nitrogen and oxygen atoms in total. The summed E-state index contributed by atoms with van der Waals surface area (Å²) in [5.41, 5.74) is 4.82. The van der Waals surface area contributed by atoms with E-state index < -0.39 is 0 Å². The van der Waals surface area contributed by atoms with Gasteiger partial charge >= 0.3 is 0 Å². The van der Waals surface area contributed by atoms with Gasteiger partial charge in [-0.05, 0) is 59.7 Å². The molecule has 0 N–H and O–H groups in total. The highest BCUT2D eigenvalue weighted by Crippen LogP contribution is 2.44. The molecule has 4 rings (SSSR count). The van der Waals surface area contributed by atoms with Crippen LogP contribution in [0.3, 0.4) is 0 Å². The number of aryl methyl sites for hydroxylation is 1. The lowest BCUT2D eigenvalue weighted by Crippen LogP contribution is -2.28. The van der Waals surface area contributed by atoms with Crippen LogP contribution in [0.15, 0.2) is 51.3 Å². The molecular weight excluding hydrogens is 500 g/mol. The number of thioether (sulfide) groups is 1. The smallest absolute Gasteiger partial charge is 0.173 e. The fourth-order valence-electron chi connectivity index (χ4n) is 4.23. The normalized spacial score (nSPS) is 15.8. The molecule has 0 fully saturated rings. The highest BCUT2D eigenvalue weighted by molar-refractivity contribution is 9.10. The number of carbonyl (C=O) groups is 1. The van der Waals surface area contributed by atoms with E-state index in [0.29, 0.717) is 22.1 Å². The number of nitriles is 1. The van der Waals surface area contributed by atoms with Gasteiger partial charge in [-0.2, -0.15) is 5.26 Å². The fourth-order valence-corrected chi connectivity index (χ4v) is 6.20. The number of nitrogens with zero attached hydrogens (tertiary/aromatic N) is 2. The molecule has 2 aromatic heterocycles. The van der Waals surface area contributed by atoms with Gasteiger partial charge in [-0.3, -0.25) is 4.79 Å². The highest BCUT2D eigenvalue weighted by Gasteiger charge is 2.33. The van der Waals surface area contributed by atoms with Crippen molar-refractivity contribution >= 4 is 44.8 Å². The van der Waals surface area contributed by atoms with E-state index in [4.69, 9.17) is 4.98 Å². The van der Waals surface area contributed by atoms with Gasteiger partial charge in [0.1, 0.15) is 11.1 Å². The second-order valence-electron chi connectivity index (χ2n) is 9.21. The van der Waals surface area contributed by atoms with E-state index in [1.807, 2.05) is 30.3 Å². The number of halogens is 1. The summed E-state index contributed by atoms with van der Waals surface area (Å²) in [6.45, 7) is 6.89. The molecule has 0 saturated carbocycles. The Morgan fingerprint density at radius 2 is 2.03 bits per heavy atom. The first-order valence-electron chi connectivity index (χ1n) is 10.7. The summed E-state index contributed by atoms with van der Waals surface area (Å²) in [4.78, 5) is 18.8. The van der Waals surface area contributed by atoms with Gasteiger partial charge in [0.15, 0.2) is 5.78 Å². The summed E-state index contributed by atoms with van der Waals surface area (Å²) >= 11 is 6.44. The molecule has 32 heavy (non-hydrogen) atoms. The third kappa shape index (κ3) is 4.85. The van der Waals surface area contributed by atoms with Crippen LogP contribution in [0, 0.1) is 22.7 Å². The van der Waals surface area contributed by atoms with Crippen molar-refractivity contribution in [2.75, 3.05) is 5.75 Å². The second kappa shape index (κ2) is 9.51. The van der Waals surface area contributed by atoms with E-state index >= 15 is 0 Å². The van der Waals surface area contributed by atoms with Crippen LogP contribution in [0.4, 0.5) is 0 Å². The van der Waals surface area contributed by atoms with Crippen LogP contribution < -0.4 is 0 Å². The molecule has 6 heteroatoms. The Kier molecular flexibility index (Phi) is 6.90. The zero-order chi connectivity index (χ0) is 22.9. The zero-order valence-corrected chi connectivity index (χ0v) is 21.7. The number of rotatable bonds is 5. The first-order valence-corrected chi connectivity index (χ1v) is 13.3. The minimum atomic E-state index is 0.0383. The van der Waals surface area contributed by atoms with Gasteiger partial charge in [0, 0.05) is 26.2 Å². The van der Waals surface area contributed by atoms with Gasteiger partial charge in [0.25, 0.3) is 0 Å². The van der Waals surface area contributed by atoms with Crippen molar-refractivity contribution in [2.24, 2.45) is 11.3 Å². The molecular formula is C26H25BrN2OS2. The molecule has 3 aromatic rings. The Bertz CT molecular complexity index is 1170. The maximum absolute atomic E-state index is 12.7. The summed E-state index contributed by atoms with van der Waals surface area (Å²) in [5.74, 6) is 0.854. The first kappa shape index (κ1) is 23.2. The molecule has 1 aliphatic rings. The van der Waals surface area contributed by atoms with E-state index in [-0.39, 0.29) is 17.0 Å². The van der Waals surface area contributed by atoms with E-state index in [1.54, 1.807) is 11.3 Å². The lowest BCUT2D eigenvalue weighted by atomic mass is 9.70. The molecule has 1 atom stereocenters. The van der Waals surface area contributed by atoms with Crippen molar-refractivity contribution in [3.8, 4) is 16.5 Å². The van der Waals surface area contributed by atoms with Crippen LogP contribution in [0.25, 0.3) is 10.4 Å². The fraction of sp³-hybridized carbons (Fsp3) is 0.346. The van der Waals surface area contributed by atoms with Gasteiger partial charge in [-0.15, -0.1) is 11.3 Å². The van der Waals surface area contributed by atoms with Crippen molar-refractivity contribution in [1.82, 2.24) is 4.98 Å². The number of ketones is 1. The number of fused-ring (bicyclic) bond motifs is 1. The van der Waals surface area contributed by atoms with Crippen molar-refractivity contribution in [3.63, 3.8) is 0 Å². The molecule has 1 aliphatic carbocycles. The van der Waals surface area contributed by atoms with Crippen molar-refractivity contribution < 1.29 is 4.79 Å². The minimum Gasteiger partial charge on any atom is -0.293 e. The molecule has 0 radical (unpaired) electrons. The minimum absolute atomic E-state index is 0.0383. The molecule has 0 aliphatic heterocycles. The summed E-state index contributed by atoms with van der Waals surface area (Å²) in [7, 11) is 0. The monoisotopic (exact) mass is 524 g/mol. The molecule has 0 amide bonds. The van der Waals surface area contributed by atoms with Crippen molar-refractivity contribution in [2.45, 2.75) is 45.1 Å². The summed E-state index contributed by atoms with van der Waals surface area (Å²) < 4.78 is 0.943. The van der Waals surface area contributed by atoms with Crippen molar-refractivity contribution in [1.29, 1.82) is 5.26 Å². The Morgan fingerprint density at radius 1 is 1.28 bits per heavy atom. The number of benzene rings is 1.